The maximum atomic E-state index is 12.5. The van der Waals surface area contributed by atoms with Crippen molar-refractivity contribution in [1.29, 1.82) is 0 Å². The second-order valence-electron chi connectivity index (χ2n) is 6.07. The van der Waals surface area contributed by atoms with Gasteiger partial charge in [0.05, 0.1) is 15.7 Å². The van der Waals surface area contributed by atoms with E-state index in [4.69, 9.17) is 23.2 Å². The summed E-state index contributed by atoms with van der Waals surface area (Å²) in [5.41, 5.74) is 0. The second kappa shape index (κ2) is 8.67. The summed E-state index contributed by atoms with van der Waals surface area (Å²) >= 11 is 11.9. The summed E-state index contributed by atoms with van der Waals surface area (Å²) in [6.07, 6.45) is 3.47. The SMILES string of the molecule is CNCCC1CCN(CCS(=O)(=O)c2cc(Cl)ccc2Cl)CC1. The molecule has 7 heteroatoms. The van der Waals surface area contributed by atoms with Gasteiger partial charge < -0.3 is 10.2 Å². The number of halogens is 2. The van der Waals surface area contributed by atoms with Crippen LogP contribution in [0, 0.1) is 5.92 Å². The Morgan fingerprint density at radius 2 is 1.96 bits per heavy atom. The van der Waals surface area contributed by atoms with Gasteiger partial charge in [-0.1, -0.05) is 23.2 Å². The molecular formula is C16H24Cl2N2O2S. The third-order valence-electron chi connectivity index (χ3n) is 4.41. The highest BCUT2D eigenvalue weighted by Crippen LogP contribution is 2.26. The molecule has 4 nitrogen and oxygen atoms in total. The molecule has 0 bridgehead atoms. The molecule has 2 rings (SSSR count). The largest absolute Gasteiger partial charge is 0.320 e. The molecule has 0 aliphatic carbocycles. The van der Waals surface area contributed by atoms with Crippen LogP contribution in [0.15, 0.2) is 23.1 Å². The molecule has 0 amide bonds. The Hall–Kier alpha value is -0.330. The quantitative estimate of drug-likeness (QED) is 0.791. The van der Waals surface area contributed by atoms with E-state index in [0.717, 1.165) is 38.4 Å². The minimum atomic E-state index is -3.41. The first-order valence-electron chi connectivity index (χ1n) is 7.97. The molecule has 0 unspecified atom stereocenters. The van der Waals surface area contributed by atoms with Gasteiger partial charge in [-0.05, 0) is 70.1 Å². The van der Waals surface area contributed by atoms with Gasteiger partial charge in [0, 0.05) is 11.6 Å². The Morgan fingerprint density at radius 1 is 1.26 bits per heavy atom. The summed E-state index contributed by atoms with van der Waals surface area (Å²) in [5, 5.41) is 3.81. The average Bonchev–Trinajstić information content (AvgIpc) is 2.54. The van der Waals surface area contributed by atoms with Crippen LogP contribution in [0.4, 0.5) is 0 Å². The predicted molar refractivity (Wildman–Crippen MR) is 96.2 cm³/mol. The number of nitrogens with zero attached hydrogens (tertiary/aromatic N) is 1. The molecule has 130 valence electrons. The number of likely N-dealkylation sites (tertiary alicyclic amines) is 1. The average molecular weight is 379 g/mol. The Balaban J connectivity index is 1.87. The molecule has 1 heterocycles. The van der Waals surface area contributed by atoms with Crippen molar-refractivity contribution in [2.24, 2.45) is 5.92 Å². The normalized spacial score (nSPS) is 17.5. The zero-order valence-electron chi connectivity index (χ0n) is 13.4. The molecule has 1 aliphatic heterocycles. The van der Waals surface area contributed by atoms with Crippen molar-refractivity contribution in [3.8, 4) is 0 Å². The van der Waals surface area contributed by atoms with Crippen molar-refractivity contribution in [2.75, 3.05) is 39.0 Å². The van der Waals surface area contributed by atoms with Crippen molar-refractivity contribution in [2.45, 2.75) is 24.2 Å². The van der Waals surface area contributed by atoms with Gasteiger partial charge in [0.2, 0.25) is 0 Å². The maximum absolute atomic E-state index is 12.5. The zero-order valence-corrected chi connectivity index (χ0v) is 15.7. The number of hydrogen-bond acceptors (Lipinski definition) is 4. The number of benzene rings is 1. The Morgan fingerprint density at radius 3 is 2.61 bits per heavy atom. The number of nitrogens with one attached hydrogen (secondary N) is 1. The molecule has 1 saturated heterocycles. The Bertz CT molecular complexity index is 615. The number of sulfone groups is 1. The van der Waals surface area contributed by atoms with Crippen LogP contribution in [-0.2, 0) is 9.84 Å². The molecular weight excluding hydrogens is 355 g/mol. The lowest BCUT2D eigenvalue weighted by Crippen LogP contribution is -2.37. The lowest BCUT2D eigenvalue weighted by molar-refractivity contribution is 0.187. The van der Waals surface area contributed by atoms with Gasteiger partial charge in [-0.25, -0.2) is 8.42 Å². The minimum Gasteiger partial charge on any atom is -0.320 e. The van der Waals surface area contributed by atoms with Gasteiger partial charge in [0.1, 0.15) is 0 Å². The molecule has 0 saturated carbocycles. The molecule has 1 aromatic rings. The van der Waals surface area contributed by atoms with Gasteiger partial charge in [-0.15, -0.1) is 0 Å². The summed E-state index contributed by atoms with van der Waals surface area (Å²) in [4.78, 5) is 2.36. The monoisotopic (exact) mass is 378 g/mol. The highest BCUT2D eigenvalue weighted by atomic mass is 35.5. The molecule has 0 radical (unpaired) electrons. The van der Waals surface area contributed by atoms with E-state index in [1.54, 1.807) is 6.07 Å². The van der Waals surface area contributed by atoms with Crippen LogP contribution in [0.3, 0.4) is 0 Å². The van der Waals surface area contributed by atoms with Crippen LogP contribution >= 0.6 is 23.2 Å². The third-order valence-corrected chi connectivity index (χ3v) is 6.82. The van der Waals surface area contributed by atoms with E-state index in [2.05, 4.69) is 10.2 Å². The maximum Gasteiger partial charge on any atom is 0.181 e. The third kappa shape index (κ3) is 5.61. The minimum absolute atomic E-state index is 0.0776. The highest BCUT2D eigenvalue weighted by molar-refractivity contribution is 7.91. The molecule has 1 aliphatic rings. The van der Waals surface area contributed by atoms with E-state index in [1.807, 2.05) is 7.05 Å². The molecule has 23 heavy (non-hydrogen) atoms. The molecule has 1 fully saturated rings. The van der Waals surface area contributed by atoms with Crippen molar-refractivity contribution >= 4 is 33.0 Å². The Kier molecular flexibility index (Phi) is 7.17. The second-order valence-corrected chi connectivity index (χ2v) is 8.99. The van der Waals surface area contributed by atoms with E-state index >= 15 is 0 Å². The lowest BCUT2D eigenvalue weighted by atomic mass is 9.94. The fourth-order valence-electron chi connectivity index (χ4n) is 2.92. The first-order valence-corrected chi connectivity index (χ1v) is 10.4. The van der Waals surface area contributed by atoms with Crippen molar-refractivity contribution < 1.29 is 8.42 Å². The summed E-state index contributed by atoms with van der Waals surface area (Å²) < 4.78 is 25.0. The fourth-order valence-corrected chi connectivity index (χ4v) is 5.02. The summed E-state index contributed by atoms with van der Waals surface area (Å²) in [6, 6.07) is 4.56. The van der Waals surface area contributed by atoms with E-state index in [0.29, 0.717) is 11.6 Å². The van der Waals surface area contributed by atoms with Crippen LogP contribution in [0.25, 0.3) is 0 Å². The van der Waals surface area contributed by atoms with Gasteiger partial charge in [-0.2, -0.15) is 0 Å². The Labute approximate surface area is 149 Å². The van der Waals surface area contributed by atoms with Crippen molar-refractivity contribution in [3.63, 3.8) is 0 Å². The number of piperidine rings is 1. The van der Waals surface area contributed by atoms with Gasteiger partial charge >= 0.3 is 0 Å². The van der Waals surface area contributed by atoms with Crippen LogP contribution in [0.5, 0.6) is 0 Å². The standard InChI is InChI=1S/C16H24Cl2N2O2S/c1-19-7-4-13-5-8-20(9-6-13)10-11-23(21,22)16-12-14(17)2-3-15(16)18/h2-3,12-13,19H,4-11H2,1H3. The zero-order chi connectivity index (χ0) is 16.9. The first-order chi connectivity index (χ1) is 10.9. The summed E-state index contributed by atoms with van der Waals surface area (Å²) in [7, 11) is -1.44. The van der Waals surface area contributed by atoms with Gasteiger partial charge in [-0.3, -0.25) is 0 Å². The van der Waals surface area contributed by atoms with E-state index in [-0.39, 0.29) is 15.7 Å². The number of hydrogen-bond donors (Lipinski definition) is 1. The highest BCUT2D eigenvalue weighted by Gasteiger charge is 2.23. The molecule has 0 aromatic heterocycles. The number of rotatable bonds is 7. The summed E-state index contributed by atoms with van der Waals surface area (Å²) in [5.74, 6) is 0.825. The van der Waals surface area contributed by atoms with E-state index in [9.17, 15) is 8.42 Å². The molecule has 0 spiro atoms. The van der Waals surface area contributed by atoms with Crippen LogP contribution < -0.4 is 5.32 Å². The fraction of sp³-hybridized carbons (Fsp3) is 0.625. The van der Waals surface area contributed by atoms with E-state index in [1.165, 1.54) is 18.6 Å². The van der Waals surface area contributed by atoms with Crippen LogP contribution in [0.1, 0.15) is 19.3 Å². The summed E-state index contributed by atoms with van der Waals surface area (Å²) in [6.45, 7) is 3.52. The van der Waals surface area contributed by atoms with Gasteiger partial charge in [0.15, 0.2) is 9.84 Å². The van der Waals surface area contributed by atoms with Crippen LogP contribution in [0.2, 0.25) is 10.0 Å². The first kappa shape index (κ1) is 19.0. The van der Waals surface area contributed by atoms with Crippen LogP contribution in [-0.4, -0.2) is 52.3 Å². The topological polar surface area (TPSA) is 49.4 Å². The smallest absolute Gasteiger partial charge is 0.181 e. The molecule has 0 atom stereocenters. The molecule has 1 aromatic carbocycles. The van der Waals surface area contributed by atoms with Crippen molar-refractivity contribution in [3.05, 3.63) is 28.2 Å². The lowest BCUT2D eigenvalue weighted by Gasteiger charge is -2.31. The molecule has 1 N–H and O–H groups in total. The van der Waals surface area contributed by atoms with E-state index < -0.39 is 9.84 Å². The van der Waals surface area contributed by atoms with Crippen molar-refractivity contribution in [1.82, 2.24) is 10.2 Å². The van der Waals surface area contributed by atoms with Gasteiger partial charge in [0.25, 0.3) is 0 Å². The predicted octanol–water partition coefficient (Wildman–Crippen LogP) is 3.09.